The van der Waals surface area contributed by atoms with Gasteiger partial charge in [0.1, 0.15) is 18.0 Å². The number of nitrogens with zero attached hydrogens (tertiary/aromatic N) is 4. The second-order valence-electron chi connectivity index (χ2n) is 5.87. The fraction of sp³-hybridized carbons (Fsp3) is 0.0526. The molecule has 0 aliphatic carbocycles. The lowest BCUT2D eigenvalue weighted by molar-refractivity contribution is -0.137. The van der Waals surface area contributed by atoms with Gasteiger partial charge in [-0.3, -0.25) is 9.20 Å². The summed E-state index contributed by atoms with van der Waals surface area (Å²) in [7, 11) is 0. The van der Waals surface area contributed by atoms with Crippen molar-refractivity contribution in [3.8, 4) is 11.4 Å². The highest BCUT2D eigenvalue weighted by atomic mass is 19.4. The molecule has 1 aromatic carbocycles. The van der Waals surface area contributed by atoms with Crippen molar-refractivity contribution in [3.63, 3.8) is 0 Å². The zero-order valence-corrected chi connectivity index (χ0v) is 14.2. The minimum atomic E-state index is -4.48. The summed E-state index contributed by atoms with van der Waals surface area (Å²) in [5.74, 6) is -0.00661. The number of rotatable bonds is 3. The first-order valence-corrected chi connectivity index (χ1v) is 8.15. The van der Waals surface area contributed by atoms with Gasteiger partial charge >= 0.3 is 6.18 Å². The van der Waals surface area contributed by atoms with Gasteiger partial charge in [-0.2, -0.15) is 13.2 Å². The fourth-order valence-corrected chi connectivity index (χ4v) is 2.78. The molecular weight excluding hydrogens is 371 g/mol. The van der Waals surface area contributed by atoms with E-state index in [9.17, 15) is 18.0 Å². The van der Waals surface area contributed by atoms with E-state index >= 15 is 0 Å². The molecular formula is C19H12F3N5O. The molecule has 6 nitrogen and oxygen atoms in total. The maximum absolute atomic E-state index is 13.1. The summed E-state index contributed by atoms with van der Waals surface area (Å²) in [4.78, 5) is 24.7. The number of amides is 1. The highest BCUT2D eigenvalue weighted by Crippen LogP contribution is 2.32. The molecule has 0 spiro atoms. The minimum Gasteiger partial charge on any atom is -0.305 e. The third-order valence-electron chi connectivity index (χ3n) is 4.04. The van der Waals surface area contributed by atoms with Gasteiger partial charge in [0.15, 0.2) is 5.69 Å². The van der Waals surface area contributed by atoms with Crippen LogP contribution in [-0.2, 0) is 6.18 Å². The second kappa shape index (κ2) is 6.76. The lowest BCUT2D eigenvalue weighted by Gasteiger charge is -2.08. The monoisotopic (exact) mass is 383 g/mol. The van der Waals surface area contributed by atoms with Crippen LogP contribution >= 0.6 is 0 Å². The van der Waals surface area contributed by atoms with Crippen LogP contribution in [0, 0.1) is 0 Å². The van der Waals surface area contributed by atoms with Crippen molar-refractivity contribution in [2.75, 3.05) is 5.32 Å². The van der Waals surface area contributed by atoms with E-state index in [0.717, 1.165) is 12.1 Å². The van der Waals surface area contributed by atoms with E-state index in [1.54, 1.807) is 28.8 Å². The Hall–Kier alpha value is -3.75. The van der Waals surface area contributed by atoms with E-state index in [1.807, 2.05) is 0 Å². The molecule has 140 valence electrons. The predicted octanol–water partition coefficient (Wildman–Crippen LogP) is 4.06. The molecule has 0 radical (unpaired) electrons. The van der Waals surface area contributed by atoms with E-state index in [4.69, 9.17) is 0 Å². The number of halogens is 3. The Morgan fingerprint density at radius 2 is 1.93 bits per heavy atom. The molecule has 0 fully saturated rings. The number of fused-ring (bicyclic) bond motifs is 1. The SMILES string of the molecule is O=C(Nc1ccncn1)c1nc(-c2cccc(C(F)(F)F)c2)n2ccccc12. The Bertz CT molecular complexity index is 1160. The second-order valence-corrected chi connectivity index (χ2v) is 5.87. The van der Waals surface area contributed by atoms with E-state index in [-0.39, 0.29) is 22.9 Å². The van der Waals surface area contributed by atoms with E-state index in [0.29, 0.717) is 5.52 Å². The summed E-state index contributed by atoms with van der Waals surface area (Å²) in [6.45, 7) is 0. The van der Waals surface area contributed by atoms with Crippen LogP contribution < -0.4 is 5.32 Å². The van der Waals surface area contributed by atoms with Crippen molar-refractivity contribution in [3.05, 3.63) is 78.5 Å². The lowest BCUT2D eigenvalue weighted by Crippen LogP contribution is -2.13. The Kier molecular flexibility index (Phi) is 4.26. The highest BCUT2D eigenvalue weighted by molar-refractivity contribution is 6.07. The van der Waals surface area contributed by atoms with Crippen LogP contribution in [0.1, 0.15) is 16.1 Å². The van der Waals surface area contributed by atoms with Crippen LogP contribution in [0.5, 0.6) is 0 Å². The van der Waals surface area contributed by atoms with Crippen LogP contribution in [0.2, 0.25) is 0 Å². The number of imidazole rings is 1. The Morgan fingerprint density at radius 3 is 2.68 bits per heavy atom. The number of pyridine rings is 1. The molecule has 1 N–H and O–H groups in total. The Morgan fingerprint density at radius 1 is 1.07 bits per heavy atom. The summed E-state index contributed by atoms with van der Waals surface area (Å²) in [5.41, 5.74) is -0.00475. The van der Waals surface area contributed by atoms with Gasteiger partial charge < -0.3 is 5.32 Å². The Balaban J connectivity index is 1.80. The summed E-state index contributed by atoms with van der Waals surface area (Å²) in [6.07, 6.45) is -0.0768. The van der Waals surface area contributed by atoms with Crippen molar-refractivity contribution in [2.45, 2.75) is 6.18 Å². The summed E-state index contributed by atoms with van der Waals surface area (Å²) in [6, 6.07) is 11.4. The molecule has 4 aromatic rings. The molecule has 9 heteroatoms. The van der Waals surface area contributed by atoms with Gasteiger partial charge in [-0.05, 0) is 30.3 Å². The van der Waals surface area contributed by atoms with Gasteiger partial charge in [-0.15, -0.1) is 0 Å². The summed E-state index contributed by atoms with van der Waals surface area (Å²) in [5, 5.41) is 2.60. The van der Waals surface area contributed by atoms with E-state index in [1.165, 1.54) is 30.7 Å². The maximum Gasteiger partial charge on any atom is 0.416 e. The molecule has 0 atom stereocenters. The molecule has 0 saturated heterocycles. The smallest absolute Gasteiger partial charge is 0.305 e. The number of hydrogen-bond donors (Lipinski definition) is 1. The number of carbonyl (C=O) groups is 1. The number of alkyl halides is 3. The molecule has 28 heavy (non-hydrogen) atoms. The number of anilines is 1. The Labute approximate surface area is 156 Å². The number of benzene rings is 1. The standard InChI is InChI=1S/C19H12F3N5O/c20-19(21,22)13-5-3-4-12(10-13)17-26-16(14-6-1-2-9-27(14)17)18(28)25-15-7-8-23-11-24-15/h1-11H,(H,23,24,25,28). The molecule has 0 aliphatic heterocycles. The van der Waals surface area contributed by atoms with Gasteiger partial charge in [-0.1, -0.05) is 18.2 Å². The van der Waals surface area contributed by atoms with Crippen LogP contribution in [0.4, 0.5) is 19.0 Å². The van der Waals surface area contributed by atoms with Crippen LogP contribution in [-0.4, -0.2) is 25.3 Å². The summed E-state index contributed by atoms with van der Waals surface area (Å²) >= 11 is 0. The van der Waals surface area contributed by atoms with Gasteiger partial charge in [0.2, 0.25) is 0 Å². The van der Waals surface area contributed by atoms with Gasteiger partial charge in [-0.25, -0.2) is 15.0 Å². The molecule has 3 aromatic heterocycles. The lowest BCUT2D eigenvalue weighted by atomic mass is 10.1. The predicted molar refractivity (Wildman–Crippen MR) is 95.6 cm³/mol. The third-order valence-corrected chi connectivity index (χ3v) is 4.04. The zero-order valence-electron chi connectivity index (χ0n) is 14.2. The van der Waals surface area contributed by atoms with Crippen LogP contribution in [0.25, 0.3) is 16.9 Å². The first kappa shape index (κ1) is 17.7. The van der Waals surface area contributed by atoms with Gasteiger partial charge in [0, 0.05) is 18.0 Å². The van der Waals surface area contributed by atoms with Gasteiger partial charge in [0.05, 0.1) is 11.1 Å². The number of nitrogens with one attached hydrogen (secondary N) is 1. The average molecular weight is 383 g/mol. The van der Waals surface area contributed by atoms with Crippen molar-refractivity contribution >= 4 is 17.2 Å². The first-order chi connectivity index (χ1) is 13.4. The van der Waals surface area contributed by atoms with Crippen molar-refractivity contribution < 1.29 is 18.0 Å². The van der Waals surface area contributed by atoms with Crippen molar-refractivity contribution in [2.24, 2.45) is 0 Å². The summed E-state index contributed by atoms with van der Waals surface area (Å²) < 4.78 is 40.8. The number of carbonyl (C=O) groups excluding carboxylic acids is 1. The number of aromatic nitrogens is 4. The molecule has 4 rings (SSSR count). The zero-order chi connectivity index (χ0) is 19.7. The van der Waals surface area contributed by atoms with Crippen LogP contribution in [0.15, 0.2) is 67.3 Å². The van der Waals surface area contributed by atoms with E-state index < -0.39 is 17.6 Å². The molecule has 0 unspecified atom stereocenters. The quantitative estimate of drug-likeness (QED) is 0.579. The maximum atomic E-state index is 13.1. The number of hydrogen-bond acceptors (Lipinski definition) is 4. The van der Waals surface area contributed by atoms with E-state index in [2.05, 4.69) is 20.3 Å². The van der Waals surface area contributed by atoms with Crippen molar-refractivity contribution in [1.29, 1.82) is 0 Å². The minimum absolute atomic E-state index is 0.0756. The molecule has 1 amide bonds. The van der Waals surface area contributed by atoms with Gasteiger partial charge in [0.25, 0.3) is 5.91 Å². The average Bonchev–Trinajstić information content (AvgIpc) is 3.08. The molecule has 0 aliphatic rings. The fourth-order valence-electron chi connectivity index (χ4n) is 2.78. The molecule has 3 heterocycles. The van der Waals surface area contributed by atoms with Crippen LogP contribution in [0.3, 0.4) is 0 Å². The third kappa shape index (κ3) is 3.29. The first-order valence-electron chi connectivity index (χ1n) is 8.15. The largest absolute Gasteiger partial charge is 0.416 e. The normalized spacial score (nSPS) is 11.5. The van der Waals surface area contributed by atoms with Crippen molar-refractivity contribution in [1.82, 2.24) is 19.4 Å². The highest BCUT2D eigenvalue weighted by Gasteiger charge is 2.31. The molecule has 0 saturated carbocycles. The topological polar surface area (TPSA) is 72.2 Å². The molecule has 0 bridgehead atoms.